The zero-order valence-corrected chi connectivity index (χ0v) is 23.5. The van der Waals surface area contributed by atoms with Crippen LogP contribution in [0.25, 0.3) is 11.3 Å². The molecular formula is C27H35Cl2N3OS. The minimum Gasteiger partial charge on any atom is -0.366 e. The second-order valence-electron chi connectivity index (χ2n) is 9.28. The number of rotatable bonds is 7. The van der Waals surface area contributed by atoms with Crippen molar-refractivity contribution in [3.8, 4) is 11.3 Å². The van der Waals surface area contributed by atoms with Gasteiger partial charge < -0.3 is 4.90 Å². The van der Waals surface area contributed by atoms with E-state index < -0.39 is 5.41 Å². The maximum atomic E-state index is 13.2. The van der Waals surface area contributed by atoms with Crippen molar-refractivity contribution >= 4 is 54.0 Å². The van der Waals surface area contributed by atoms with E-state index in [9.17, 15) is 4.79 Å². The van der Waals surface area contributed by atoms with E-state index in [-0.39, 0.29) is 30.6 Å². The molecule has 0 spiro atoms. The zero-order chi connectivity index (χ0) is 23.5. The number of ketones is 1. The van der Waals surface area contributed by atoms with Gasteiger partial charge in [0.25, 0.3) is 0 Å². The highest BCUT2D eigenvalue weighted by Crippen LogP contribution is 2.35. The second-order valence-corrected chi connectivity index (χ2v) is 10.4. The second kappa shape index (κ2) is 12.5. The molecule has 0 amide bonds. The Morgan fingerprint density at radius 2 is 1.68 bits per heavy atom. The van der Waals surface area contributed by atoms with Gasteiger partial charge in [-0.15, -0.1) is 36.2 Å². The SMILES string of the molecule is CCN(C)C=Nc1cc(C)c(Cc2nc(-c3ccccc3)c(C(=O)C(C)(C)C)s2)c(C)c1.Cl.Cl. The van der Waals surface area contributed by atoms with Gasteiger partial charge in [0.05, 0.1) is 27.6 Å². The van der Waals surface area contributed by atoms with Crippen molar-refractivity contribution in [2.75, 3.05) is 13.6 Å². The van der Waals surface area contributed by atoms with Crippen LogP contribution in [0, 0.1) is 19.3 Å². The first-order chi connectivity index (χ1) is 15.1. The summed E-state index contributed by atoms with van der Waals surface area (Å²) in [5.74, 6) is 0.137. The molecule has 0 aliphatic rings. The molecule has 4 nitrogen and oxygen atoms in total. The molecule has 0 aliphatic heterocycles. The molecule has 0 aliphatic carbocycles. The molecule has 0 saturated heterocycles. The van der Waals surface area contributed by atoms with E-state index in [2.05, 4.69) is 37.9 Å². The molecule has 7 heteroatoms. The summed E-state index contributed by atoms with van der Waals surface area (Å²) < 4.78 is 0. The van der Waals surface area contributed by atoms with E-state index in [0.717, 1.165) is 33.4 Å². The number of hydrogen-bond donors (Lipinski definition) is 0. The number of aryl methyl sites for hydroxylation is 2. The standard InChI is InChI=1S/C27H33N3OS.2ClH/c1-8-30(7)17-28-21-14-18(2)22(19(3)15-21)16-23-29-24(20-12-10-9-11-13-20)25(32-23)26(31)27(4,5)6;;/h9-15,17H,8,16H2,1-7H3;2*1H. The van der Waals surface area contributed by atoms with Gasteiger partial charge in [-0.3, -0.25) is 4.79 Å². The van der Waals surface area contributed by atoms with E-state index in [1.165, 1.54) is 28.0 Å². The Labute approximate surface area is 220 Å². The molecule has 0 unspecified atom stereocenters. The molecular weight excluding hydrogens is 485 g/mol. The van der Waals surface area contributed by atoms with Gasteiger partial charge in [0.2, 0.25) is 0 Å². The number of hydrogen-bond acceptors (Lipinski definition) is 4. The predicted octanol–water partition coefficient (Wildman–Crippen LogP) is 7.70. The molecule has 3 rings (SSSR count). The lowest BCUT2D eigenvalue weighted by Gasteiger charge is -2.15. The van der Waals surface area contributed by atoms with Crippen LogP contribution in [-0.4, -0.2) is 35.6 Å². The first kappa shape index (κ1) is 29.8. The third-order valence-electron chi connectivity index (χ3n) is 5.52. The number of carbonyl (C=O) groups excluding carboxylic acids is 1. The van der Waals surface area contributed by atoms with Crippen molar-refractivity contribution in [2.24, 2.45) is 10.4 Å². The fraction of sp³-hybridized carbons (Fsp3) is 0.370. The number of Topliss-reactive ketones (excluding diaryl/α,β-unsaturated/α-hetero) is 1. The minimum absolute atomic E-state index is 0. The minimum atomic E-state index is -0.454. The molecule has 0 fully saturated rings. The lowest BCUT2D eigenvalue weighted by molar-refractivity contribution is 0.0863. The third kappa shape index (κ3) is 7.14. The Morgan fingerprint density at radius 1 is 1.09 bits per heavy atom. The molecule has 34 heavy (non-hydrogen) atoms. The van der Waals surface area contributed by atoms with Gasteiger partial charge in [-0.05, 0) is 49.6 Å². The summed E-state index contributed by atoms with van der Waals surface area (Å²) >= 11 is 1.53. The van der Waals surface area contributed by atoms with Crippen LogP contribution in [0.4, 0.5) is 5.69 Å². The van der Waals surface area contributed by atoms with Crippen LogP contribution in [0.5, 0.6) is 0 Å². The number of aliphatic imine (C=N–C) groups is 1. The first-order valence-electron chi connectivity index (χ1n) is 11.0. The normalized spacial score (nSPS) is 11.1. The molecule has 0 bridgehead atoms. The topological polar surface area (TPSA) is 45.6 Å². The lowest BCUT2D eigenvalue weighted by atomic mass is 9.89. The molecule has 1 heterocycles. The van der Waals surface area contributed by atoms with Crippen molar-refractivity contribution in [1.29, 1.82) is 0 Å². The van der Waals surface area contributed by atoms with E-state index in [0.29, 0.717) is 6.42 Å². The van der Waals surface area contributed by atoms with Crippen molar-refractivity contribution in [3.63, 3.8) is 0 Å². The van der Waals surface area contributed by atoms with Crippen LogP contribution in [0.1, 0.15) is 59.1 Å². The van der Waals surface area contributed by atoms with Gasteiger partial charge in [-0.2, -0.15) is 0 Å². The molecule has 0 N–H and O–H groups in total. The van der Waals surface area contributed by atoms with Crippen molar-refractivity contribution in [1.82, 2.24) is 9.88 Å². The molecule has 1 aromatic heterocycles. The Bertz CT molecular complexity index is 1110. The summed E-state index contributed by atoms with van der Waals surface area (Å²) in [6, 6.07) is 14.2. The van der Waals surface area contributed by atoms with Gasteiger partial charge in [-0.1, -0.05) is 51.1 Å². The van der Waals surface area contributed by atoms with Gasteiger partial charge in [0, 0.05) is 31.0 Å². The third-order valence-corrected chi connectivity index (χ3v) is 6.57. The first-order valence-corrected chi connectivity index (χ1v) is 11.9. The van der Waals surface area contributed by atoms with Crippen molar-refractivity contribution in [3.05, 3.63) is 69.0 Å². The summed E-state index contributed by atoms with van der Waals surface area (Å²) in [4.78, 5) is 25.5. The maximum absolute atomic E-state index is 13.2. The number of halogens is 2. The fourth-order valence-corrected chi connectivity index (χ4v) is 4.70. The number of aromatic nitrogens is 1. The fourth-order valence-electron chi connectivity index (χ4n) is 3.45. The van der Waals surface area contributed by atoms with Crippen LogP contribution in [-0.2, 0) is 6.42 Å². The number of thiazole rings is 1. The molecule has 0 atom stereocenters. The molecule has 0 radical (unpaired) electrons. The summed E-state index contributed by atoms with van der Waals surface area (Å²) in [6.45, 7) is 13.2. The summed E-state index contributed by atoms with van der Waals surface area (Å²) in [5, 5.41) is 0.963. The van der Waals surface area contributed by atoms with E-state index in [1.807, 2.05) is 69.4 Å². The molecule has 3 aromatic rings. The average molecular weight is 521 g/mol. The number of carbonyl (C=O) groups is 1. The molecule has 0 saturated carbocycles. The van der Waals surface area contributed by atoms with Crippen LogP contribution < -0.4 is 0 Å². The van der Waals surface area contributed by atoms with Gasteiger partial charge in [0.15, 0.2) is 5.78 Å². The highest BCUT2D eigenvalue weighted by atomic mass is 35.5. The largest absolute Gasteiger partial charge is 0.366 e. The van der Waals surface area contributed by atoms with Gasteiger partial charge in [-0.25, -0.2) is 9.98 Å². The Balaban J connectivity index is 0.00000289. The van der Waals surface area contributed by atoms with Crippen molar-refractivity contribution < 1.29 is 4.79 Å². The lowest BCUT2D eigenvalue weighted by Crippen LogP contribution is -2.19. The number of benzene rings is 2. The Kier molecular flexibility index (Phi) is 10.9. The maximum Gasteiger partial charge on any atom is 0.180 e. The van der Waals surface area contributed by atoms with Crippen LogP contribution >= 0.6 is 36.2 Å². The quantitative estimate of drug-likeness (QED) is 0.182. The molecule has 2 aromatic carbocycles. The van der Waals surface area contributed by atoms with Crippen LogP contribution in [0.2, 0.25) is 0 Å². The average Bonchev–Trinajstić information content (AvgIpc) is 3.17. The van der Waals surface area contributed by atoms with Gasteiger partial charge >= 0.3 is 0 Å². The highest BCUT2D eigenvalue weighted by Gasteiger charge is 2.29. The van der Waals surface area contributed by atoms with Crippen LogP contribution in [0.15, 0.2) is 47.5 Å². The number of nitrogens with zero attached hydrogens (tertiary/aromatic N) is 3. The molecule has 184 valence electrons. The van der Waals surface area contributed by atoms with Crippen molar-refractivity contribution in [2.45, 2.75) is 48.0 Å². The Morgan fingerprint density at radius 3 is 2.21 bits per heavy atom. The summed E-state index contributed by atoms with van der Waals surface area (Å²) in [7, 11) is 2.01. The predicted molar refractivity (Wildman–Crippen MR) is 151 cm³/mol. The van der Waals surface area contributed by atoms with E-state index >= 15 is 0 Å². The smallest absolute Gasteiger partial charge is 0.180 e. The van der Waals surface area contributed by atoms with Gasteiger partial charge in [0.1, 0.15) is 0 Å². The van der Waals surface area contributed by atoms with E-state index in [1.54, 1.807) is 0 Å². The van der Waals surface area contributed by atoms with Crippen LogP contribution in [0.3, 0.4) is 0 Å². The summed E-state index contributed by atoms with van der Waals surface area (Å²) in [5.41, 5.74) is 5.91. The Hall–Kier alpha value is -2.21. The van der Waals surface area contributed by atoms with E-state index in [4.69, 9.17) is 4.98 Å². The zero-order valence-electron chi connectivity index (χ0n) is 21.0. The summed E-state index contributed by atoms with van der Waals surface area (Å²) in [6.07, 6.45) is 2.57. The monoisotopic (exact) mass is 519 g/mol. The highest BCUT2D eigenvalue weighted by molar-refractivity contribution is 7.14.